The van der Waals surface area contributed by atoms with Crippen LogP contribution in [-0.4, -0.2) is 9.78 Å². The highest BCUT2D eigenvalue weighted by atomic mass is 35.5. The van der Waals surface area contributed by atoms with Crippen molar-refractivity contribution in [3.63, 3.8) is 0 Å². The summed E-state index contributed by atoms with van der Waals surface area (Å²) >= 11 is 17.4. The Balaban J connectivity index is 2.40. The van der Waals surface area contributed by atoms with Gasteiger partial charge in [-0.2, -0.15) is 5.10 Å². The van der Waals surface area contributed by atoms with Crippen molar-refractivity contribution in [2.24, 2.45) is 0 Å². The first kappa shape index (κ1) is 10.8. The lowest BCUT2D eigenvalue weighted by molar-refractivity contribution is 0.859. The summed E-state index contributed by atoms with van der Waals surface area (Å²) in [6.45, 7) is 0. The lowest BCUT2D eigenvalue weighted by Crippen LogP contribution is -1.95. The van der Waals surface area contributed by atoms with Gasteiger partial charge in [-0.15, -0.1) is 11.6 Å². The molecule has 0 unspecified atom stereocenters. The Morgan fingerprint density at radius 1 is 1.13 bits per heavy atom. The molecule has 0 saturated heterocycles. The van der Waals surface area contributed by atoms with Crippen molar-refractivity contribution < 1.29 is 0 Å². The van der Waals surface area contributed by atoms with Crippen molar-refractivity contribution in [2.45, 2.75) is 5.88 Å². The Bertz CT molecular complexity index is 479. The highest BCUT2D eigenvalue weighted by Crippen LogP contribution is 2.24. The third kappa shape index (κ3) is 2.28. The summed E-state index contributed by atoms with van der Waals surface area (Å²) in [4.78, 5) is 0. The molecule has 2 nitrogen and oxygen atoms in total. The topological polar surface area (TPSA) is 17.8 Å². The molecule has 0 radical (unpaired) electrons. The van der Waals surface area contributed by atoms with E-state index in [1.54, 1.807) is 16.8 Å². The predicted octanol–water partition coefficient (Wildman–Crippen LogP) is 3.92. The molecule has 0 aliphatic rings. The van der Waals surface area contributed by atoms with E-state index in [-0.39, 0.29) is 0 Å². The molecule has 2 rings (SSSR count). The Morgan fingerprint density at radius 2 is 1.93 bits per heavy atom. The molecule has 1 aromatic heterocycles. The van der Waals surface area contributed by atoms with Gasteiger partial charge in [-0.1, -0.05) is 23.2 Å². The summed E-state index contributed by atoms with van der Waals surface area (Å²) < 4.78 is 1.71. The van der Waals surface area contributed by atoms with E-state index in [0.717, 1.165) is 11.4 Å². The van der Waals surface area contributed by atoms with Gasteiger partial charge in [0.05, 0.1) is 27.3 Å². The Hall–Kier alpha value is -0.700. The van der Waals surface area contributed by atoms with E-state index < -0.39 is 0 Å². The van der Waals surface area contributed by atoms with Gasteiger partial charge >= 0.3 is 0 Å². The first-order valence-corrected chi connectivity index (χ1v) is 5.55. The minimum Gasteiger partial charge on any atom is -0.241 e. The lowest BCUT2D eigenvalue weighted by Gasteiger charge is -2.02. The van der Waals surface area contributed by atoms with Crippen molar-refractivity contribution in [1.29, 1.82) is 0 Å². The van der Waals surface area contributed by atoms with Crippen LogP contribution in [-0.2, 0) is 5.88 Å². The van der Waals surface area contributed by atoms with Gasteiger partial charge in [-0.05, 0) is 24.3 Å². The molecule has 0 spiro atoms. The SMILES string of the molecule is ClCc1ccn(-c2ccc(Cl)c(Cl)c2)n1. The van der Waals surface area contributed by atoms with E-state index in [1.807, 2.05) is 18.3 Å². The fraction of sp³-hybridized carbons (Fsp3) is 0.100. The van der Waals surface area contributed by atoms with Gasteiger partial charge in [0.1, 0.15) is 0 Å². The average Bonchev–Trinajstić information content (AvgIpc) is 2.70. The van der Waals surface area contributed by atoms with Gasteiger partial charge in [0, 0.05) is 6.20 Å². The second-order valence-corrected chi connectivity index (χ2v) is 4.07. The van der Waals surface area contributed by atoms with Crippen LogP contribution in [0.1, 0.15) is 5.69 Å². The van der Waals surface area contributed by atoms with Crippen molar-refractivity contribution in [1.82, 2.24) is 9.78 Å². The summed E-state index contributed by atoms with van der Waals surface area (Å²) in [6.07, 6.45) is 1.83. The quantitative estimate of drug-likeness (QED) is 0.749. The molecule has 0 saturated carbocycles. The van der Waals surface area contributed by atoms with E-state index in [9.17, 15) is 0 Å². The summed E-state index contributed by atoms with van der Waals surface area (Å²) in [6, 6.07) is 7.20. The number of rotatable bonds is 2. The molecule has 1 heterocycles. The number of alkyl halides is 1. The molecule has 78 valence electrons. The molecule has 0 fully saturated rings. The van der Waals surface area contributed by atoms with Crippen LogP contribution >= 0.6 is 34.8 Å². The molecular weight excluding hydrogens is 254 g/mol. The molecule has 5 heteroatoms. The first-order chi connectivity index (χ1) is 7.20. The summed E-state index contributed by atoms with van der Waals surface area (Å²) in [7, 11) is 0. The molecule has 0 aliphatic heterocycles. The summed E-state index contributed by atoms with van der Waals surface area (Å²) in [5.41, 5.74) is 1.68. The molecule has 0 amide bonds. The lowest BCUT2D eigenvalue weighted by atomic mass is 10.3. The minimum atomic E-state index is 0.397. The molecule has 1 aromatic carbocycles. The first-order valence-electron chi connectivity index (χ1n) is 4.26. The molecule has 0 aliphatic carbocycles. The van der Waals surface area contributed by atoms with Crippen LogP contribution in [0.3, 0.4) is 0 Å². The molecule has 0 N–H and O–H groups in total. The van der Waals surface area contributed by atoms with E-state index in [4.69, 9.17) is 34.8 Å². The molecular formula is C10H7Cl3N2. The molecule has 2 aromatic rings. The highest BCUT2D eigenvalue weighted by molar-refractivity contribution is 6.42. The number of halogens is 3. The van der Waals surface area contributed by atoms with Gasteiger partial charge in [0.25, 0.3) is 0 Å². The van der Waals surface area contributed by atoms with Crippen molar-refractivity contribution in [3.05, 3.63) is 46.2 Å². The zero-order valence-electron chi connectivity index (χ0n) is 7.62. The number of aromatic nitrogens is 2. The van der Waals surface area contributed by atoms with Crippen molar-refractivity contribution in [3.8, 4) is 5.69 Å². The molecule has 0 atom stereocenters. The smallest absolute Gasteiger partial charge is 0.0776 e. The van der Waals surface area contributed by atoms with E-state index >= 15 is 0 Å². The third-order valence-corrected chi connectivity index (χ3v) is 2.96. The minimum absolute atomic E-state index is 0.397. The van der Waals surface area contributed by atoms with Crippen molar-refractivity contribution in [2.75, 3.05) is 0 Å². The predicted molar refractivity (Wildman–Crippen MR) is 63.1 cm³/mol. The van der Waals surface area contributed by atoms with Gasteiger partial charge in [0.2, 0.25) is 0 Å². The zero-order valence-corrected chi connectivity index (χ0v) is 9.89. The number of benzene rings is 1. The van der Waals surface area contributed by atoms with E-state index in [2.05, 4.69) is 5.10 Å². The van der Waals surface area contributed by atoms with Crippen LogP contribution in [0.15, 0.2) is 30.5 Å². The monoisotopic (exact) mass is 260 g/mol. The van der Waals surface area contributed by atoms with Crippen LogP contribution in [0.5, 0.6) is 0 Å². The van der Waals surface area contributed by atoms with Crippen LogP contribution in [0.25, 0.3) is 5.69 Å². The fourth-order valence-electron chi connectivity index (χ4n) is 1.20. The van der Waals surface area contributed by atoms with Gasteiger partial charge in [-0.3, -0.25) is 0 Å². The van der Waals surface area contributed by atoms with Crippen LogP contribution < -0.4 is 0 Å². The standard InChI is InChI=1S/C10H7Cl3N2/c11-6-7-3-4-15(14-7)8-1-2-9(12)10(13)5-8/h1-5H,6H2. The Kier molecular flexibility index (Phi) is 3.19. The van der Waals surface area contributed by atoms with Gasteiger partial charge in [0.15, 0.2) is 0 Å². The number of hydrogen-bond acceptors (Lipinski definition) is 1. The summed E-state index contributed by atoms with van der Waals surface area (Å²) in [5.74, 6) is 0.397. The second kappa shape index (κ2) is 4.44. The van der Waals surface area contributed by atoms with Gasteiger partial charge < -0.3 is 0 Å². The average molecular weight is 262 g/mol. The maximum absolute atomic E-state index is 5.91. The van der Waals surface area contributed by atoms with Crippen LogP contribution in [0.2, 0.25) is 10.0 Å². The van der Waals surface area contributed by atoms with Crippen molar-refractivity contribution >= 4 is 34.8 Å². The highest BCUT2D eigenvalue weighted by Gasteiger charge is 2.03. The Labute approximate surface area is 102 Å². The summed E-state index contributed by atoms with van der Waals surface area (Å²) in [5, 5.41) is 5.30. The molecule has 15 heavy (non-hydrogen) atoms. The molecule has 0 bridgehead atoms. The maximum Gasteiger partial charge on any atom is 0.0776 e. The second-order valence-electron chi connectivity index (χ2n) is 2.98. The van der Waals surface area contributed by atoms with Crippen LogP contribution in [0, 0.1) is 0 Å². The number of nitrogens with zero attached hydrogens (tertiary/aromatic N) is 2. The van der Waals surface area contributed by atoms with E-state index in [0.29, 0.717) is 15.9 Å². The normalized spacial score (nSPS) is 10.6. The Morgan fingerprint density at radius 3 is 2.53 bits per heavy atom. The van der Waals surface area contributed by atoms with Gasteiger partial charge in [-0.25, -0.2) is 4.68 Å². The van der Waals surface area contributed by atoms with E-state index in [1.165, 1.54) is 0 Å². The maximum atomic E-state index is 5.91. The third-order valence-electron chi connectivity index (χ3n) is 1.95. The number of hydrogen-bond donors (Lipinski definition) is 0. The fourth-order valence-corrected chi connectivity index (χ4v) is 1.64. The van der Waals surface area contributed by atoms with Crippen LogP contribution in [0.4, 0.5) is 0 Å². The largest absolute Gasteiger partial charge is 0.241 e. The zero-order chi connectivity index (χ0) is 10.8.